The fourth-order valence-electron chi connectivity index (χ4n) is 2.58. The molecule has 5 heteroatoms. The highest BCUT2D eigenvalue weighted by Crippen LogP contribution is 2.24. The van der Waals surface area contributed by atoms with Gasteiger partial charge in [0, 0.05) is 25.1 Å². The first kappa shape index (κ1) is 16.3. The number of rotatable bonds is 7. The third-order valence-electron chi connectivity index (χ3n) is 3.71. The second kappa shape index (κ2) is 7.82. The fraction of sp³-hybridized carbons (Fsp3) is 0.529. The molecule has 1 saturated heterocycles. The number of carbonyl (C=O) groups is 2. The maximum atomic E-state index is 12.1. The minimum absolute atomic E-state index is 0.0354. The van der Waals surface area contributed by atoms with Gasteiger partial charge in [0.2, 0.25) is 11.8 Å². The fourth-order valence-corrected chi connectivity index (χ4v) is 2.58. The van der Waals surface area contributed by atoms with E-state index in [9.17, 15) is 9.59 Å². The molecule has 0 aliphatic carbocycles. The summed E-state index contributed by atoms with van der Waals surface area (Å²) in [7, 11) is 0. The summed E-state index contributed by atoms with van der Waals surface area (Å²) < 4.78 is 5.40. The molecule has 22 heavy (non-hydrogen) atoms. The van der Waals surface area contributed by atoms with Crippen molar-refractivity contribution in [3.8, 4) is 5.75 Å². The molecule has 0 bridgehead atoms. The first-order chi connectivity index (χ1) is 10.6. The summed E-state index contributed by atoms with van der Waals surface area (Å²) in [5.74, 6) is 0.875. The summed E-state index contributed by atoms with van der Waals surface area (Å²) in [6, 6.07) is 7.39. The number of ether oxygens (including phenoxy) is 1. The average Bonchev–Trinajstić information content (AvgIpc) is 2.87. The third-order valence-corrected chi connectivity index (χ3v) is 3.71. The van der Waals surface area contributed by atoms with Crippen molar-refractivity contribution in [2.75, 3.05) is 18.1 Å². The number of nitrogens with one attached hydrogen (secondary N) is 1. The van der Waals surface area contributed by atoms with Gasteiger partial charge in [-0.3, -0.25) is 9.59 Å². The van der Waals surface area contributed by atoms with Crippen LogP contribution in [-0.2, 0) is 9.59 Å². The Morgan fingerprint density at radius 2 is 2.05 bits per heavy atom. The van der Waals surface area contributed by atoms with E-state index in [1.54, 1.807) is 4.90 Å². The van der Waals surface area contributed by atoms with Crippen LogP contribution in [0, 0.1) is 0 Å². The number of hydrogen-bond donors (Lipinski definition) is 1. The number of nitrogens with zero attached hydrogens (tertiary/aromatic N) is 1. The molecule has 0 radical (unpaired) electrons. The maximum absolute atomic E-state index is 12.1. The molecule has 1 heterocycles. The van der Waals surface area contributed by atoms with Crippen LogP contribution in [0.3, 0.4) is 0 Å². The first-order valence-electron chi connectivity index (χ1n) is 7.96. The van der Waals surface area contributed by atoms with Gasteiger partial charge >= 0.3 is 0 Å². The summed E-state index contributed by atoms with van der Waals surface area (Å²) in [6.07, 6.45) is 2.78. The van der Waals surface area contributed by atoms with E-state index in [1.807, 2.05) is 31.2 Å². The SMILES string of the molecule is CCCCC(=O)N[C@H]1CC(=O)N(c2ccc(OCC)cc2)C1. The molecule has 1 aromatic rings. The molecule has 5 nitrogen and oxygen atoms in total. The van der Waals surface area contributed by atoms with Crippen molar-refractivity contribution < 1.29 is 14.3 Å². The van der Waals surface area contributed by atoms with E-state index in [1.165, 1.54) is 0 Å². The van der Waals surface area contributed by atoms with Crippen LogP contribution in [0.2, 0.25) is 0 Å². The van der Waals surface area contributed by atoms with E-state index >= 15 is 0 Å². The molecule has 1 fully saturated rings. The van der Waals surface area contributed by atoms with Crippen molar-refractivity contribution in [3.63, 3.8) is 0 Å². The molecule has 120 valence electrons. The van der Waals surface area contributed by atoms with Gasteiger partial charge in [-0.1, -0.05) is 13.3 Å². The second-order valence-electron chi connectivity index (χ2n) is 5.50. The minimum atomic E-state index is -0.0941. The highest BCUT2D eigenvalue weighted by molar-refractivity contribution is 5.96. The van der Waals surface area contributed by atoms with Gasteiger partial charge in [0.05, 0.1) is 12.6 Å². The van der Waals surface area contributed by atoms with Gasteiger partial charge in [0.25, 0.3) is 0 Å². The quantitative estimate of drug-likeness (QED) is 0.842. The molecule has 2 rings (SSSR count). The molecule has 1 aliphatic rings. The van der Waals surface area contributed by atoms with E-state index in [-0.39, 0.29) is 17.9 Å². The Bertz CT molecular complexity index is 513. The van der Waals surface area contributed by atoms with Crippen LogP contribution in [0.15, 0.2) is 24.3 Å². The van der Waals surface area contributed by atoms with Crippen LogP contribution in [0.5, 0.6) is 5.75 Å². The lowest BCUT2D eigenvalue weighted by Gasteiger charge is -2.17. The molecule has 1 aromatic carbocycles. The molecule has 1 aliphatic heterocycles. The molecule has 1 N–H and O–H groups in total. The van der Waals surface area contributed by atoms with Crippen molar-refractivity contribution in [1.29, 1.82) is 0 Å². The van der Waals surface area contributed by atoms with Gasteiger partial charge in [-0.25, -0.2) is 0 Å². The number of anilines is 1. The molecular formula is C17H24N2O3. The predicted molar refractivity (Wildman–Crippen MR) is 86.0 cm³/mol. The standard InChI is InChI=1S/C17H24N2O3/c1-3-5-6-16(20)18-13-11-17(21)19(12-13)14-7-9-15(10-8-14)22-4-2/h7-10,13H,3-6,11-12H2,1-2H3,(H,18,20)/t13-/m0/s1. The molecule has 0 spiro atoms. The Kier molecular flexibility index (Phi) is 5.81. The minimum Gasteiger partial charge on any atom is -0.494 e. The number of unbranched alkanes of at least 4 members (excludes halogenated alkanes) is 1. The van der Waals surface area contributed by atoms with E-state index in [0.717, 1.165) is 24.3 Å². The Morgan fingerprint density at radius 3 is 2.68 bits per heavy atom. The Morgan fingerprint density at radius 1 is 1.32 bits per heavy atom. The van der Waals surface area contributed by atoms with E-state index in [0.29, 0.717) is 26.0 Å². The van der Waals surface area contributed by atoms with Crippen LogP contribution in [-0.4, -0.2) is 31.0 Å². The number of hydrogen-bond acceptors (Lipinski definition) is 3. The number of amides is 2. The monoisotopic (exact) mass is 304 g/mol. The van der Waals surface area contributed by atoms with E-state index in [4.69, 9.17) is 4.74 Å². The third kappa shape index (κ3) is 4.23. The molecule has 0 unspecified atom stereocenters. The highest BCUT2D eigenvalue weighted by atomic mass is 16.5. The first-order valence-corrected chi connectivity index (χ1v) is 7.96. The molecular weight excluding hydrogens is 280 g/mol. The summed E-state index contributed by atoms with van der Waals surface area (Å²) in [4.78, 5) is 25.6. The largest absolute Gasteiger partial charge is 0.494 e. The van der Waals surface area contributed by atoms with Gasteiger partial charge in [-0.15, -0.1) is 0 Å². The van der Waals surface area contributed by atoms with Crippen molar-refractivity contribution >= 4 is 17.5 Å². The Balaban J connectivity index is 1.93. The van der Waals surface area contributed by atoms with Crippen LogP contribution in [0.4, 0.5) is 5.69 Å². The van der Waals surface area contributed by atoms with E-state index < -0.39 is 0 Å². The average molecular weight is 304 g/mol. The predicted octanol–water partition coefficient (Wildman–Crippen LogP) is 2.50. The molecule has 0 saturated carbocycles. The van der Waals surface area contributed by atoms with Gasteiger partial charge in [-0.05, 0) is 37.6 Å². The Labute approximate surface area is 131 Å². The summed E-state index contributed by atoms with van der Waals surface area (Å²) >= 11 is 0. The molecule has 2 amide bonds. The van der Waals surface area contributed by atoms with Crippen LogP contribution in [0.1, 0.15) is 39.5 Å². The summed E-state index contributed by atoms with van der Waals surface area (Å²) in [5, 5.41) is 2.95. The second-order valence-corrected chi connectivity index (χ2v) is 5.50. The molecule has 0 aromatic heterocycles. The van der Waals surface area contributed by atoms with Crippen molar-refractivity contribution in [1.82, 2.24) is 5.32 Å². The molecule has 1 atom stereocenters. The maximum Gasteiger partial charge on any atom is 0.229 e. The normalized spacial score (nSPS) is 17.6. The van der Waals surface area contributed by atoms with Crippen molar-refractivity contribution in [3.05, 3.63) is 24.3 Å². The van der Waals surface area contributed by atoms with Gasteiger partial charge in [0.1, 0.15) is 5.75 Å². The van der Waals surface area contributed by atoms with Gasteiger partial charge in [0.15, 0.2) is 0 Å². The zero-order valence-electron chi connectivity index (χ0n) is 13.3. The Hall–Kier alpha value is -2.04. The van der Waals surface area contributed by atoms with Crippen molar-refractivity contribution in [2.24, 2.45) is 0 Å². The van der Waals surface area contributed by atoms with E-state index in [2.05, 4.69) is 12.2 Å². The lowest BCUT2D eigenvalue weighted by molar-refractivity contribution is -0.121. The van der Waals surface area contributed by atoms with Gasteiger partial charge in [-0.2, -0.15) is 0 Å². The number of carbonyl (C=O) groups excluding carboxylic acids is 2. The van der Waals surface area contributed by atoms with Crippen molar-refractivity contribution in [2.45, 2.75) is 45.6 Å². The number of benzene rings is 1. The smallest absolute Gasteiger partial charge is 0.229 e. The van der Waals surface area contributed by atoms with Crippen LogP contribution >= 0.6 is 0 Å². The van der Waals surface area contributed by atoms with Gasteiger partial charge < -0.3 is 15.0 Å². The zero-order valence-corrected chi connectivity index (χ0v) is 13.3. The van der Waals surface area contributed by atoms with Crippen LogP contribution < -0.4 is 15.0 Å². The summed E-state index contributed by atoms with van der Waals surface area (Å²) in [6.45, 7) is 5.14. The summed E-state index contributed by atoms with van der Waals surface area (Å²) in [5.41, 5.74) is 0.846. The zero-order chi connectivity index (χ0) is 15.9. The van der Waals surface area contributed by atoms with Crippen LogP contribution in [0.25, 0.3) is 0 Å². The lowest BCUT2D eigenvalue weighted by Crippen LogP contribution is -2.37. The topological polar surface area (TPSA) is 58.6 Å². The lowest BCUT2D eigenvalue weighted by atomic mass is 10.2. The highest BCUT2D eigenvalue weighted by Gasteiger charge is 2.31.